The normalized spacial score (nSPS) is 10.7. The summed E-state index contributed by atoms with van der Waals surface area (Å²) in [7, 11) is 0. The lowest BCUT2D eigenvalue weighted by atomic mass is 9.99. The fourth-order valence-corrected chi connectivity index (χ4v) is 2.34. The van der Waals surface area contributed by atoms with Crippen LogP contribution in [0.2, 0.25) is 0 Å². The number of nitro groups is 1. The van der Waals surface area contributed by atoms with Gasteiger partial charge in [-0.3, -0.25) is 14.9 Å². The average Bonchev–Trinajstić information content (AvgIpc) is 2.91. The highest BCUT2D eigenvalue weighted by Gasteiger charge is 2.20. The van der Waals surface area contributed by atoms with Crippen molar-refractivity contribution in [2.75, 3.05) is 5.73 Å². The number of nitrogens with zero attached hydrogens (tertiary/aromatic N) is 3. The Morgan fingerprint density at radius 1 is 1.32 bits per heavy atom. The lowest BCUT2D eigenvalue weighted by Crippen LogP contribution is -2.14. The largest absolute Gasteiger partial charge is 0.398 e. The summed E-state index contributed by atoms with van der Waals surface area (Å²) in [6.45, 7) is 0. The van der Waals surface area contributed by atoms with Gasteiger partial charge < -0.3 is 11.5 Å². The number of nitrogens with two attached hydrogens (primary N) is 2. The standard InChI is InChI=1S/C14H11N5O3/c15-11-4-2-1-3-9(11)13-10(14(16)20)6-17-18-7-8(19(21)22)5-12(13)18/h1-7H,15H2,(H2,16,20). The van der Waals surface area contributed by atoms with Crippen LogP contribution in [-0.4, -0.2) is 20.4 Å². The highest BCUT2D eigenvalue weighted by atomic mass is 16.6. The molecule has 8 nitrogen and oxygen atoms in total. The molecule has 0 aliphatic carbocycles. The van der Waals surface area contributed by atoms with E-state index < -0.39 is 10.8 Å². The van der Waals surface area contributed by atoms with Gasteiger partial charge in [0.1, 0.15) is 6.20 Å². The summed E-state index contributed by atoms with van der Waals surface area (Å²) in [5.74, 6) is -0.683. The number of amides is 1. The Labute approximate surface area is 124 Å². The number of hydrogen-bond acceptors (Lipinski definition) is 5. The molecule has 3 rings (SSSR count). The van der Waals surface area contributed by atoms with Gasteiger partial charge in [0, 0.05) is 22.9 Å². The maximum Gasteiger partial charge on any atom is 0.289 e. The molecule has 0 aliphatic heterocycles. The molecule has 0 unspecified atom stereocenters. The third-order valence-corrected chi connectivity index (χ3v) is 3.33. The van der Waals surface area contributed by atoms with Crippen LogP contribution in [0.15, 0.2) is 42.7 Å². The average molecular weight is 297 g/mol. The molecule has 1 amide bonds. The first-order chi connectivity index (χ1) is 10.5. The van der Waals surface area contributed by atoms with Crippen LogP contribution in [0.3, 0.4) is 0 Å². The van der Waals surface area contributed by atoms with Crippen LogP contribution >= 0.6 is 0 Å². The second-order valence-electron chi connectivity index (χ2n) is 4.67. The number of hydrogen-bond donors (Lipinski definition) is 2. The number of primary amides is 1. The van der Waals surface area contributed by atoms with E-state index in [1.165, 1.54) is 23.0 Å². The molecule has 2 aromatic heterocycles. The van der Waals surface area contributed by atoms with Crippen LogP contribution < -0.4 is 11.5 Å². The number of benzene rings is 1. The molecule has 0 aliphatic rings. The molecule has 0 spiro atoms. The first-order valence-electron chi connectivity index (χ1n) is 6.29. The number of para-hydroxylation sites is 1. The van der Waals surface area contributed by atoms with Crippen LogP contribution in [0.4, 0.5) is 11.4 Å². The molecule has 0 fully saturated rings. The molecule has 3 aromatic rings. The maximum absolute atomic E-state index is 11.7. The Hall–Kier alpha value is -3.42. The molecule has 0 bridgehead atoms. The zero-order valence-corrected chi connectivity index (χ0v) is 11.3. The molecule has 0 radical (unpaired) electrons. The predicted molar refractivity (Wildman–Crippen MR) is 80.2 cm³/mol. The van der Waals surface area contributed by atoms with E-state index in [1.807, 2.05) is 0 Å². The highest BCUT2D eigenvalue weighted by Crippen LogP contribution is 2.34. The van der Waals surface area contributed by atoms with E-state index in [1.54, 1.807) is 24.3 Å². The van der Waals surface area contributed by atoms with Gasteiger partial charge in [-0.1, -0.05) is 18.2 Å². The molecule has 22 heavy (non-hydrogen) atoms. The molecule has 1 aromatic carbocycles. The van der Waals surface area contributed by atoms with Crippen molar-refractivity contribution in [2.45, 2.75) is 0 Å². The minimum Gasteiger partial charge on any atom is -0.398 e. The zero-order chi connectivity index (χ0) is 15.9. The van der Waals surface area contributed by atoms with E-state index in [9.17, 15) is 14.9 Å². The summed E-state index contributed by atoms with van der Waals surface area (Å²) in [6.07, 6.45) is 2.55. The number of rotatable bonds is 3. The smallest absolute Gasteiger partial charge is 0.289 e. The lowest BCUT2D eigenvalue weighted by Gasteiger charge is -2.11. The van der Waals surface area contributed by atoms with E-state index in [-0.39, 0.29) is 11.3 Å². The second kappa shape index (κ2) is 4.85. The van der Waals surface area contributed by atoms with Gasteiger partial charge in [0.15, 0.2) is 0 Å². The quantitative estimate of drug-likeness (QED) is 0.430. The predicted octanol–water partition coefficient (Wildman–Crippen LogP) is 1.59. The fourth-order valence-electron chi connectivity index (χ4n) is 2.34. The molecular formula is C14H11N5O3. The van der Waals surface area contributed by atoms with Crippen molar-refractivity contribution in [2.24, 2.45) is 5.73 Å². The monoisotopic (exact) mass is 297 g/mol. The summed E-state index contributed by atoms with van der Waals surface area (Å²) in [6, 6.07) is 8.23. The molecule has 2 heterocycles. The van der Waals surface area contributed by atoms with Crippen molar-refractivity contribution in [1.82, 2.24) is 9.61 Å². The number of anilines is 1. The van der Waals surface area contributed by atoms with Crippen LogP contribution in [0.25, 0.3) is 16.6 Å². The number of nitrogen functional groups attached to an aromatic ring is 1. The van der Waals surface area contributed by atoms with Crippen LogP contribution in [0.5, 0.6) is 0 Å². The van der Waals surface area contributed by atoms with Crippen LogP contribution in [-0.2, 0) is 0 Å². The van der Waals surface area contributed by atoms with Crippen molar-refractivity contribution in [3.63, 3.8) is 0 Å². The maximum atomic E-state index is 11.7. The Morgan fingerprint density at radius 2 is 2.05 bits per heavy atom. The molecule has 8 heteroatoms. The number of fused-ring (bicyclic) bond motifs is 1. The van der Waals surface area contributed by atoms with Crippen molar-refractivity contribution < 1.29 is 9.72 Å². The first-order valence-corrected chi connectivity index (χ1v) is 6.29. The Balaban J connectivity index is 2.43. The lowest BCUT2D eigenvalue weighted by molar-refractivity contribution is -0.384. The molecule has 0 atom stereocenters. The van der Waals surface area contributed by atoms with E-state index in [0.29, 0.717) is 22.3 Å². The van der Waals surface area contributed by atoms with Crippen LogP contribution in [0, 0.1) is 10.1 Å². The summed E-state index contributed by atoms with van der Waals surface area (Å²) in [5, 5.41) is 14.9. The molecule has 0 saturated carbocycles. The van der Waals surface area contributed by atoms with Gasteiger partial charge in [-0.25, -0.2) is 4.52 Å². The minimum atomic E-state index is -0.683. The van der Waals surface area contributed by atoms with E-state index in [4.69, 9.17) is 11.5 Å². The summed E-state index contributed by atoms with van der Waals surface area (Å²) < 4.78 is 1.33. The number of carbonyl (C=O) groups is 1. The molecule has 0 saturated heterocycles. The third kappa shape index (κ3) is 2.03. The highest BCUT2D eigenvalue weighted by molar-refractivity contribution is 6.05. The van der Waals surface area contributed by atoms with Crippen LogP contribution in [0.1, 0.15) is 10.4 Å². The van der Waals surface area contributed by atoms with Gasteiger partial charge in [0.05, 0.1) is 22.2 Å². The van der Waals surface area contributed by atoms with Crippen molar-refractivity contribution in [3.8, 4) is 11.1 Å². The molecular weight excluding hydrogens is 286 g/mol. The van der Waals surface area contributed by atoms with Crippen molar-refractivity contribution >= 4 is 22.8 Å². The van der Waals surface area contributed by atoms with E-state index >= 15 is 0 Å². The topological polar surface area (TPSA) is 130 Å². The number of aromatic nitrogens is 2. The second-order valence-corrected chi connectivity index (χ2v) is 4.67. The van der Waals surface area contributed by atoms with Gasteiger partial charge in [-0.05, 0) is 6.07 Å². The van der Waals surface area contributed by atoms with Crippen molar-refractivity contribution in [1.29, 1.82) is 0 Å². The zero-order valence-electron chi connectivity index (χ0n) is 11.3. The summed E-state index contributed by atoms with van der Waals surface area (Å²) in [5.41, 5.74) is 13.2. The Kier molecular flexibility index (Phi) is 2.99. The van der Waals surface area contributed by atoms with Gasteiger partial charge >= 0.3 is 0 Å². The molecule has 4 N–H and O–H groups in total. The van der Waals surface area contributed by atoms with E-state index in [2.05, 4.69) is 5.10 Å². The Bertz CT molecular complexity index is 916. The summed E-state index contributed by atoms with van der Waals surface area (Å²) in [4.78, 5) is 22.1. The molecule has 110 valence electrons. The fraction of sp³-hybridized carbons (Fsp3) is 0. The minimum absolute atomic E-state index is 0.134. The Morgan fingerprint density at radius 3 is 2.68 bits per heavy atom. The van der Waals surface area contributed by atoms with E-state index in [0.717, 1.165) is 0 Å². The van der Waals surface area contributed by atoms with Gasteiger partial charge in [-0.15, -0.1) is 0 Å². The van der Waals surface area contributed by atoms with Gasteiger partial charge in [0.2, 0.25) is 0 Å². The summed E-state index contributed by atoms with van der Waals surface area (Å²) >= 11 is 0. The SMILES string of the molecule is NC(=O)c1cnn2cc([N+](=O)[O-])cc2c1-c1ccccc1N. The van der Waals surface area contributed by atoms with Gasteiger partial charge in [0.25, 0.3) is 11.6 Å². The first kappa shape index (κ1) is 13.6. The number of carbonyl (C=O) groups excluding carboxylic acids is 1. The van der Waals surface area contributed by atoms with Gasteiger partial charge in [-0.2, -0.15) is 5.10 Å². The van der Waals surface area contributed by atoms with Crippen molar-refractivity contribution in [3.05, 3.63) is 58.4 Å². The third-order valence-electron chi connectivity index (χ3n) is 3.33.